The van der Waals surface area contributed by atoms with Gasteiger partial charge in [-0.2, -0.15) is 0 Å². The molecule has 0 amide bonds. The summed E-state index contributed by atoms with van der Waals surface area (Å²) in [5.74, 6) is 1.34. The molecule has 136 valence electrons. The van der Waals surface area contributed by atoms with Gasteiger partial charge in [0.1, 0.15) is 18.4 Å². The molecule has 0 saturated carbocycles. The first-order valence-electron chi connectivity index (χ1n) is 8.05. The van der Waals surface area contributed by atoms with Crippen molar-refractivity contribution in [2.75, 3.05) is 20.8 Å². The van der Waals surface area contributed by atoms with Crippen LogP contribution >= 0.6 is 0 Å². The third-order valence-corrected chi connectivity index (χ3v) is 4.41. The van der Waals surface area contributed by atoms with Gasteiger partial charge in [-0.15, -0.1) is 0 Å². The molecule has 2 aliphatic rings. The minimum absolute atomic E-state index is 0.0639. The molecular weight excluding hydrogens is 326 g/mol. The van der Waals surface area contributed by atoms with Crippen molar-refractivity contribution in [3.05, 3.63) is 30.0 Å². The van der Waals surface area contributed by atoms with Crippen LogP contribution in [0.4, 0.5) is 5.69 Å². The third-order valence-electron chi connectivity index (χ3n) is 4.41. The molecule has 0 fully saturated rings. The predicted octanol–water partition coefficient (Wildman–Crippen LogP) is 2.10. The molecule has 1 aromatic rings. The lowest BCUT2D eigenvalue weighted by atomic mass is 9.91. The molecule has 0 saturated heterocycles. The summed E-state index contributed by atoms with van der Waals surface area (Å²) in [7, 11) is 3.16. The molecular formula is C18H23NO6. The van der Waals surface area contributed by atoms with Gasteiger partial charge in [0.25, 0.3) is 0 Å². The summed E-state index contributed by atoms with van der Waals surface area (Å²) in [6.07, 6.45) is 2.24. The highest BCUT2D eigenvalue weighted by atomic mass is 16.5. The Morgan fingerprint density at radius 1 is 1.32 bits per heavy atom. The van der Waals surface area contributed by atoms with E-state index in [9.17, 15) is 10.2 Å². The molecule has 2 heterocycles. The Hall–Kier alpha value is -2.09. The maximum Gasteiger partial charge on any atom is 0.204 e. The van der Waals surface area contributed by atoms with Crippen molar-refractivity contribution in [3.63, 3.8) is 0 Å². The number of ether oxygens (including phenoxy) is 4. The van der Waals surface area contributed by atoms with Crippen molar-refractivity contribution in [1.82, 2.24) is 0 Å². The molecule has 0 unspecified atom stereocenters. The van der Waals surface area contributed by atoms with Crippen molar-refractivity contribution in [2.24, 2.45) is 10.9 Å². The molecule has 25 heavy (non-hydrogen) atoms. The van der Waals surface area contributed by atoms with Crippen LogP contribution < -0.4 is 9.47 Å². The average Bonchev–Trinajstić information content (AvgIpc) is 3.04. The molecule has 3 atom stereocenters. The highest BCUT2D eigenvalue weighted by molar-refractivity contribution is 5.90. The first-order valence-corrected chi connectivity index (χ1v) is 8.05. The van der Waals surface area contributed by atoms with Gasteiger partial charge >= 0.3 is 0 Å². The van der Waals surface area contributed by atoms with Gasteiger partial charge in [-0.05, 0) is 26.0 Å². The van der Waals surface area contributed by atoms with Crippen LogP contribution in [-0.4, -0.2) is 48.6 Å². The molecule has 0 bridgehead atoms. The summed E-state index contributed by atoms with van der Waals surface area (Å²) in [5, 5.41) is 19.8. The molecule has 3 rings (SSSR count). The van der Waals surface area contributed by atoms with Crippen LogP contribution in [0.5, 0.6) is 11.5 Å². The minimum Gasteiger partial charge on any atom is -0.491 e. The SMILES string of the molecule is COc1c(OC[C@H](O)C(C)(C)O)ccc2c1N=C1OC=C[C@H]1[C@H]2OC. The molecule has 0 radical (unpaired) electrons. The summed E-state index contributed by atoms with van der Waals surface area (Å²) in [6.45, 7) is 2.96. The average molecular weight is 349 g/mol. The third kappa shape index (κ3) is 3.22. The zero-order chi connectivity index (χ0) is 18.2. The summed E-state index contributed by atoms with van der Waals surface area (Å²) in [6, 6.07) is 3.62. The van der Waals surface area contributed by atoms with Gasteiger partial charge in [0.05, 0.1) is 31.0 Å². The number of methoxy groups -OCH3 is 2. The van der Waals surface area contributed by atoms with Gasteiger partial charge in [-0.1, -0.05) is 6.07 Å². The van der Waals surface area contributed by atoms with Gasteiger partial charge in [0.15, 0.2) is 11.5 Å². The van der Waals surface area contributed by atoms with Gasteiger partial charge < -0.3 is 29.2 Å². The van der Waals surface area contributed by atoms with Crippen LogP contribution in [0.1, 0.15) is 25.5 Å². The van der Waals surface area contributed by atoms with Crippen LogP contribution in [-0.2, 0) is 9.47 Å². The first-order chi connectivity index (χ1) is 11.9. The highest BCUT2D eigenvalue weighted by Crippen LogP contribution is 2.49. The monoisotopic (exact) mass is 349 g/mol. The van der Waals surface area contributed by atoms with E-state index in [1.54, 1.807) is 19.4 Å². The van der Waals surface area contributed by atoms with E-state index < -0.39 is 11.7 Å². The summed E-state index contributed by atoms with van der Waals surface area (Å²) in [4.78, 5) is 4.55. The van der Waals surface area contributed by atoms with E-state index >= 15 is 0 Å². The zero-order valence-electron chi connectivity index (χ0n) is 14.7. The zero-order valence-corrected chi connectivity index (χ0v) is 14.7. The number of benzene rings is 1. The summed E-state index contributed by atoms with van der Waals surface area (Å²) < 4.78 is 22.2. The number of hydrogen-bond donors (Lipinski definition) is 2. The van der Waals surface area contributed by atoms with Gasteiger partial charge in [0.2, 0.25) is 5.90 Å². The standard InChI is InChI=1S/C18H23NO6/c1-18(2,21)13(20)9-25-12-6-5-10-14(16(12)23-4)19-17-11(7-8-24-17)15(10)22-3/h5-8,11,13,15,20-21H,9H2,1-4H3/t11-,13-,15-/m0/s1. The van der Waals surface area contributed by atoms with Crippen LogP contribution in [0.2, 0.25) is 0 Å². The Kier molecular flexibility index (Phi) is 4.73. The number of aliphatic imine (C=N–C) groups is 1. The smallest absolute Gasteiger partial charge is 0.204 e. The van der Waals surface area contributed by atoms with Crippen LogP contribution in [0.3, 0.4) is 0 Å². The second-order valence-electron chi connectivity index (χ2n) is 6.59. The lowest BCUT2D eigenvalue weighted by Crippen LogP contribution is -2.40. The van der Waals surface area contributed by atoms with Crippen molar-refractivity contribution >= 4 is 11.6 Å². The Morgan fingerprint density at radius 2 is 2.08 bits per heavy atom. The number of hydrogen-bond acceptors (Lipinski definition) is 7. The maximum atomic E-state index is 9.96. The largest absolute Gasteiger partial charge is 0.491 e. The van der Waals surface area contributed by atoms with E-state index in [0.717, 1.165) is 5.56 Å². The Bertz CT molecular complexity index is 706. The summed E-state index contributed by atoms with van der Waals surface area (Å²) in [5.41, 5.74) is 0.192. The lowest BCUT2D eigenvalue weighted by molar-refractivity contribution is -0.0663. The second-order valence-corrected chi connectivity index (χ2v) is 6.59. The fourth-order valence-electron chi connectivity index (χ4n) is 2.86. The van der Waals surface area contributed by atoms with Gasteiger partial charge in [0, 0.05) is 12.7 Å². The molecule has 0 spiro atoms. The fourth-order valence-corrected chi connectivity index (χ4v) is 2.86. The minimum atomic E-state index is -1.26. The Morgan fingerprint density at radius 3 is 2.72 bits per heavy atom. The molecule has 0 aromatic heterocycles. The molecule has 1 aromatic carbocycles. The number of aliphatic hydroxyl groups is 2. The summed E-state index contributed by atoms with van der Waals surface area (Å²) >= 11 is 0. The maximum absolute atomic E-state index is 9.96. The normalized spacial score (nSPS) is 22.6. The fraction of sp³-hybridized carbons (Fsp3) is 0.500. The number of rotatable bonds is 6. The van der Waals surface area contributed by atoms with E-state index in [-0.39, 0.29) is 18.6 Å². The van der Waals surface area contributed by atoms with E-state index in [4.69, 9.17) is 18.9 Å². The number of aliphatic hydroxyl groups excluding tert-OH is 1. The van der Waals surface area contributed by atoms with Gasteiger partial charge in [-0.3, -0.25) is 0 Å². The van der Waals surface area contributed by atoms with Crippen LogP contribution in [0.15, 0.2) is 29.5 Å². The molecule has 0 aliphatic carbocycles. The number of nitrogens with zero attached hydrogens (tertiary/aromatic N) is 1. The number of fused-ring (bicyclic) bond motifs is 2. The van der Waals surface area contributed by atoms with E-state index in [2.05, 4.69) is 4.99 Å². The first kappa shape index (κ1) is 17.7. The Labute approximate surface area is 146 Å². The van der Waals surface area contributed by atoms with Crippen molar-refractivity contribution in [1.29, 1.82) is 0 Å². The van der Waals surface area contributed by atoms with E-state index in [1.807, 2.05) is 12.1 Å². The van der Waals surface area contributed by atoms with Crippen molar-refractivity contribution in [2.45, 2.75) is 31.7 Å². The van der Waals surface area contributed by atoms with E-state index in [1.165, 1.54) is 21.0 Å². The van der Waals surface area contributed by atoms with Crippen LogP contribution in [0.25, 0.3) is 0 Å². The van der Waals surface area contributed by atoms with Crippen molar-refractivity contribution in [3.8, 4) is 11.5 Å². The molecule has 2 aliphatic heterocycles. The van der Waals surface area contributed by atoms with Gasteiger partial charge in [-0.25, -0.2) is 4.99 Å². The molecule has 2 N–H and O–H groups in total. The van der Waals surface area contributed by atoms with E-state index in [0.29, 0.717) is 23.1 Å². The lowest BCUT2D eigenvalue weighted by Gasteiger charge is -2.28. The quantitative estimate of drug-likeness (QED) is 0.817. The van der Waals surface area contributed by atoms with Crippen LogP contribution in [0, 0.1) is 5.92 Å². The topological polar surface area (TPSA) is 89.7 Å². The highest BCUT2D eigenvalue weighted by Gasteiger charge is 2.37. The predicted molar refractivity (Wildman–Crippen MR) is 91.4 cm³/mol. The Balaban J connectivity index is 1.94. The molecule has 7 nitrogen and oxygen atoms in total. The second kappa shape index (κ2) is 6.67. The molecule has 7 heteroatoms. The van der Waals surface area contributed by atoms with Crippen molar-refractivity contribution < 1.29 is 29.2 Å².